The van der Waals surface area contributed by atoms with E-state index in [9.17, 15) is 22.8 Å². The number of para-hydroxylation sites is 1. The maximum atomic E-state index is 13.1. The Morgan fingerprint density at radius 2 is 1.80 bits per heavy atom. The highest BCUT2D eigenvalue weighted by molar-refractivity contribution is 8.15. The number of alkyl halides is 3. The van der Waals surface area contributed by atoms with E-state index in [-0.39, 0.29) is 23.3 Å². The monoisotopic (exact) mass is 636 g/mol. The number of aromatic nitrogens is 3. The van der Waals surface area contributed by atoms with Crippen LogP contribution in [-0.4, -0.2) is 62.5 Å². The minimum atomic E-state index is -4.76. The smallest absolute Gasteiger partial charge is 0.406 e. The van der Waals surface area contributed by atoms with E-state index in [4.69, 9.17) is 0 Å². The van der Waals surface area contributed by atoms with E-state index in [2.05, 4.69) is 33.7 Å². The number of anilines is 1. The molecular formula is C32H31F3N6O3S. The molecule has 1 aliphatic heterocycles. The number of aryl methyl sites for hydroxylation is 1. The number of likely N-dealkylation sites (N-methyl/N-ethyl adjacent to an activating group) is 1. The number of benzene rings is 3. The normalized spacial score (nSPS) is 14.4. The molecule has 2 heterocycles. The number of aliphatic imine (C=N–C) groups is 1. The van der Waals surface area contributed by atoms with E-state index in [0.717, 1.165) is 27.9 Å². The van der Waals surface area contributed by atoms with Crippen LogP contribution in [0.5, 0.6) is 5.75 Å². The van der Waals surface area contributed by atoms with Gasteiger partial charge in [-0.3, -0.25) is 9.69 Å². The molecule has 13 heteroatoms. The number of carbonyl (C=O) groups is 2. The molecule has 3 amide bonds. The SMILES string of the molecule is Cc1cccc(C(C)C)c1N1C(=O)CSC1=NC(=O)N(C)CCc1ccc(-c2ncn(-c3ccc(OC(F)(F)F)cc3)n2)cc1. The lowest BCUT2D eigenvalue weighted by Gasteiger charge is -2.24. The van der Waals surface area contributed by atoms with E-state index in [1.807, 2.05) is 49.4 Å². The van der Waals surface area contributed by atoms with E-state index < -0.39 is 12.4 Å². The zero-order valence-electron chi connectivity index (χ0n) is 25.1. The second-order valence-electron chi connectivity index (χ2n) is 10.8. The van der Waals surface area contributed by atoms with Crippen LogP contribution in [0.1, 0.15) is 36.5 Å². The van der Waals surface area contributed by atoms with Gasteiger partial charge in [0.1, 0.15) is 12.1 Å². The second kappa shape index (κ2) is 13.1. The van der Waals surface area contributed by atoms with E-state index in [1.165, 1.54) is 51.9 Å². The molecule has 0 bridgehead atoms. The van der Waals surface area contributed by atoms with Crippen LogP contribution in [0, 0.1) is 6.92 Å². The fourth-order valence-electron chi connectivity index (χ4n) is 4.82. The molecule has 0 atom stereocenters. The summed E-state index contributed by atoms with van der Waals surface area (Å²) in [4.78, 5) is 37.7. The van der Waals surface area contributed by atoms with Gasteiger partial charge in [0.05, 0.1) is 17.1 Å². The number of urea groups is 1. The molecule has 0 spiro atoms. The second-order valence-corrected chi connectivity index (χ2v) is 11.7. The minimum Gasteiger partial charge on any atom is -0.406 e. The maximum absolute atomic E-state index is 13.1. The lowest BCUT2D eigenvalue weighted by Crippen LogP contribution is -2.33. The molecule has 0 aliphatic carbocycles. The zero-order chi connectivity index (χ0) is 32.3. The quantitative estimate of drug-likeness (QED) is 0.207. The number of hydrogen-bond donors (Lipinski definition) is 0. The summed E-state index contributed by atoms with van der Waals surface area (Å²) in [6.07, 6.45) is -2.71. The van der Waals surface area contributed by atoms with Gasteiger partial charge in [-0.25, -0.2) is 14.5 Å². The predicted molar refractivity (Wildman–Crippen MR) is 168 cm³/mol. The molecule has 234 valence electrons. The number of halogens is 3. The summed E-state index contributed by atoms with van der Waals surface area (Å²) in [6, 6.07) is 18.4. The number of amidine groups is 1. The number of nitrogens with zero attached hydrogens (tertiary/aromatic N) is 6. The first-order valence-corrected chi connectivity index (χ1v) is 15.1. The molecule has 1 fully saturated rings. The summed E-state index contributed by atoms with van der Waals surface area (Å²) >= 11 is 1.26. The molecule has 5 rings (SSSR count). The van der Waals surface area contributed by atoms with Gasteiger partial charge in [0, 0.05) is 19.2 Å². The van der Waals surface area contributed by atoms with Crippen LogP contribution < -0.4 is 9.64 Å². The predicted octanol–water partition coefficient (Wildman–Crippen LogP) is 7.00. The van der Waals surface area contributed by atoms with Crippen LogP contribution in [0.4, 0.5) is 23.7 Å². The van der Waals surface area contributed by atoms with Crippen molar-refractivity contribution < 1.29 is 27.5 Å². The van der Waals surface area contributed by atoms with E-state index >= 15 is 0 Å². The molecule has 3 aromatic carbocycles. The van der Waals surface area contributed by atoms with Crippen molar-refractivity contribution >= 4 is 34.6 Å². The summed E-state index contributed by atoms with van der Waals surface area (Å²) in [5.74, 6) is 0.447. The van der Waals surface area contributed by atoms with Crippen molar-refractivity contribution in [3.05, 3.63) is 89.7 Å². The van der Waals surface area contributed by atoms with Crippen molar-refractivity contribution in [3.8, 4) is 22.8 Å². The van der Waals surface area contributed by atoms with E-state index in [1.54, 1.807) is 11.9 Å². The Labute approximate surface area is 262 Å². The van der Waals surface area contributed by atoms with Crippen molar-refractivity contribution in [3.63, 3.8) is 0 Å². The van der Waals surface area contributed by atoms with Crippen LogP contribution >= 0.6 is 11.8 Å². The summed E-state index contributed by atoms with van der Waals surface area (Å²) in [5, 5.41) is 4.81. The summed E-state index contributed by atoms with van der Waals surface area (Å²) < 4.78 is 42.6. The third-order valence-electron chi connectivity index (χ3n) is 7.17. The van der Waals surface area contributed by atoms with Crippen LogP contribution in [0.15, 0.2) is 78.0 Å². The molecular weight excluding hydrogens is 605 g/mol. The largest absolute Gasteiger partial charge is 0.573 e. The first-order valence-electron chi connectivity index (χ1n) is 14.2. The third-order valence-corrected chi connectivity index (χ3v) is 8.10. The van der Waals surface area contributed by atoms with Crippen molar-refractivity contribution in [2.45, 2.75) is 39.5 Å². The van der Waals surface area contributed by atoms with Gasteiger partial charge in [-0.05, 0) is 60.2 Å². The van der Waals surface area contributed by atoms with Gasteiger partial charge in [0.15, 0.2) is 11.0 Å². The Morgan fingerprint density at radius 3 is 2.47 bits per heavy atom. The Hall–Kier alpha value is -4.65. The number of ether oxygens (including phenoxy) is 1. The average Bonchev–Trinajstić information content (AvgIpc) is 3.63. The molecule has 1 aromatic heterocycles. The fourth-order valence-corrected chi connectivity index (χ4v) is 5.66. The van der Waals surface area contributed by atoms with Crippen molar-refractivity contribution in [2.24, 2.45) is 4.99 Å². The van der Waals surface area contributed by atoms with Crippen LogP contribution in [0.3, 0.4) is 0 Å². The van der Waals surface area contributed by atoms with Gasteiger partial charge < -0.3 is 9.64 Å². The summed E-state index contributed by atoms with van der Waals surface area (Å²) in [7, 11) is 1.68. The Morgan fingerprint density at radius 1 is 1.09 bits per heavy atom. The molecule has 0 N–H and O–H groups in total. The van der Waals surface area contributed by atoms with Crippen LogP contribution in [-0.2, 0) is 11.2 Å². The van der Waals surface area contributed by atoms with Gasteiger partial charge in [-0.1, -0.05) is 68.1 Å². The maximum Gasteiger partial charge on any atom is 0.573 e. The lowest BCUT2D eigenvalue weighted by atomic mass is 9.97. The fraction of sp³-hybridized carbons (Fsp3) is 0.281. The first-order chi connectivity index (χ1) is 21.4. The molecule has 1 aliphatic rings. The Bertz CT molecular complexity index is 1720. The highest BCUT2D eigenvalue weighted by atomic mass is 32.2. The van der Waals surface area contributed by atoms with Crippen molar-refractivity contribution in [2.75, 3.05) is 24.2 Å². The van der Waals surface area contributed by atoms with Gasteiger partial charge in [0.2, 0.25) is 5.91 Å². The summed E-state index contributed by atoms with van der Waals surface area (Å²) in [6.45, 7) is 6.51. The molecule has 0 radical (unpaired) electrons. The molecule has 0 saturated carbocycles. The Kier molecular flexibility index (Phi) is 9.28. The van der Waals surface area contributed by atoms with Crippen molar-refractivity contribution in [1.82, 2.24) is 19.7 Å². The molecule has 4 aromatic rings. The highest BCUT2D eigenvalue weighted by Crippen LogP contribution is 2.36. The minimum absolute atomic E-state index is 0.0988. The Balaban J connectivity index is 1.21. The standard InChI is InChI=1S/C32H31F3N6O3S/c1-20(2)26-7-5-6-21(3)28(26)41-27(42)18-45-31(41)37-30(43)39(4)17-16-22-8-10-23(11-9-22)29-36-19-40(38-29)24-12-14-25(15-13-24)44-32(33,34)35/h5-15,19-20H,16-18H2,1-4H3. The van der Waals surface area contributed by atoms with Gasteiger partial charge in [-0.15, -0.1) is 18.3 Å². The first kappa shape index (κ1) is 31.8. The number of amides is 3. The molecule has 1 saturated heterocycles. The lowest BCUT2D eigenvalue weighted by molar-refractivity contribution is -0.274. The number of thioether (sulfide) groups is 1. The van der Waals surface area contributed by atoms with Crippen LogP contribution in [0.2, 0.25) is 0 Å². The highest BCUT2D eigenvalue weighted by Gasteiger charge is 2.34. The molecule has 45 heavy (non-hydrogen) atoms. The summed E-state index contributed by atoms with van der Waals surface area (Å²) in [5.41, 5.74) is 5.04. The van der Waals surface area contributed by atoms with Gasteiger partial charge in [0.25, 0.3) is 0 Å². The van der Waals surface area contributed by atoms with Gasteiger partial charge >= 0.3 is 12.4 Å². The van der Waals surface area contributed by atoms with Gasteiger partial charge in [-0.2, -0.15) is 4.99 Å². The average molecular weight is 637 g/mol. The third kappa shape index (κ3) is 7.54. The van der Waals surface area contributed by atoms with Crippen molar-refractivity contribution in [1.29, 1.82) is 0 Å². The molecule has 9 nitrogen and oxygen atoms in total. The van der Waals surface area contributed by atoms with Crippen LogP contribution in [0.25, 0.3) is 17.1 Å². The van der Waals surface area contributed by atoms with E-state index in [0.29, 0.717) is 29.6 Å². The number of rotatable bonds is 8. The topological polar surface area (TPSA) is 92.9 Å². The molecule has 0 unspecified atom stereocenters. The number of hydrogen-bond acceptors (Lipinski definition) is 6. The number of carbonyl (C=O) groups excluding carboxylic acids is 2. The zero-order valence-corrected chi connectivity index (χ0v) is 25.9.